The Morgan fingerprint density at radius 2 is 2.09 bits per heavy atom. The van der Waals surface area contributed by atoms with Gasteiger partial charge in [0.15, 0.2) is 0 Å². The summed E-state index contributed by atoms with van der Waals surface area (Å²) < 4.78 is 5.22. The molecule has 0 fully saturated rings. The fraction of sp³-hybridized carbons (Fsp3) is 1.00. The fourth-order valence-corrected chi connectivity index (χ4v) is 1.50. The fourth-order valence-electron chi connectivity index (χ4n) is 0.622. The molecule has 0 aromatic rings. The Kier molecular flexibility index (Phi) is 8.57. The van der Waals surface area contributed by atoms with Crippen molar-refractivity contribution in [1.82, 2.24) is 0 Å². The van der Waals surface area contributed by atoms with Crippen molar-refractivity contribution < 1.29 is 4.74 Å². The summed E-state index contributed by atoms with van der Waals surface area (Å²) in [6.07, 6.45) is 0. The molecule has 0 amide bonds. The predicted octanol–water partition coefficient (Wildman–Crippen LogP) is 1.35. The monoisotopic (exact) mass is 177 g/mol. The zero-order valence-corrected chi connectivity index (χ0v) is 8.32. The molecule has 0 heterocycles. The number of hydrogen-bond donors (Lipinski definition) is 1. The zero-order valence-electron chi connectivity index (χ0n) is 7.51. The van der Waals surface area contributed by atoms with Crippen molar-refractivity contribution in [3.8, 4) is 0 Å². The van der Waals surface area contributed by atoms with Crippen LogP contribution in [0.25, 0.3) is 0 Å². The van der Waals surface area contributed by atoms with Crippen LogP contribution in [0.3, 0.4) is 0 Å². The molecule has 0 bridgehead atoms. The first-order valence-electron chi connectivity index (χ1n) is 4.13. The van der Waals surface area contributed by atoms with Crippen LogP contribution in [-0.2, 0) is 4.74 Å². The highest BCUT2D eigenvalue weighted by Gasteiger charge is 1.93. The van der Waals surface area contributed by atoms with Crippen molar-refractivity contribution >= 4 is 11.8 Å². The van der Waals surface area contributed by atoms with Gasteiger partial charge in [0.2, 0.25) is 0 Å². The molecule has 0 saturated carbocycles. The van der Waals surface area contributed by atoms with Gasteiger partial charge in [-0.25, -0.2) is 0 Å². The van der Waals surface area contributed by atoms with E-state index >= 15 is 0 Å². The SMILES string of the molecule is CC(C)CSCCOCCN. The summed E-state index contributed by atoms with van der Waals surface area (Å²) in [6.45, 7) is 6.63. The van der Waals surface area contributed by atoms with E-state index in [0.717, 1.165) is 18.3 Å². The van der Waals surface area contributed by atoms with E-state index < -0.39 is 0 Å². The van der Waals surface area contributed by atoms with Gasteiger partial charge in [-0.15, -0.1) is 0 Å². The van der Waals surface area contributed by atoms with Crippen molar-refractivity contribution in [3.63, 3.8) is 0 Å². The van der Waals surface area contributed by atoms with Crippen LogP contribution >= 0.6 is 11.8 Å². The highest BCUT2D eigenvalue weighted by molar-refractivity contribution is 7.99. The van der Waals surface area contributed by atoms with Crippen LogP contribution < -0.4 is 5.73 Å². The van der Waals surface area contributed by atoms with Gasteiger partial charge in [-0.1, -0.05) is 13.8 Å². The molecule has 2 nitrogen and oxygen atoms in total. The van der Waals surface area contributed by atoms with E-state index in [2.05, 4.69) is 13.8 Å². The van der Waals surface area contributed by atoms with E-state index in [1.54, 1.807) is 0 Å². The van der Waals surface area contributed by atoms with Crippen LogP contribution in [0.4, 0.5) is 0 Å². The molecule has 0 aromatic heterocycles. The van der Waals surface area contributed by atoms with Gasteiger partial charge in [-0.05, 0) is 11.7 Å². The van der Waals surface area contributed by atoms with Crippen molar-refractivity contribution in [2.75, 3.05) is 31.3 Å². The average Bonchev–Trinajstić information content (AvgIpc) is 1.96. The smallest absolute Gasteiger partial charge is 0.0589 e. The third kappa shape index (κ3) is 10.3. The van der Waals surface area contributed by atoms with Gasteiger partial charge in [-0.3, -0.25) is 0 Å². The van der Waals surface area contributed by atoms with Gasteiger partial charge < -0.3 is 10.5 Å². The molecule has 0 atom stereocenters. The van der Waals surface area contributed by atoms with Crippen LogP contribution in [0.1, 0.15) is 13.8 Å². The molecule has 0 saturated heterocycles. The number of hydrogen-bond acceptors (Lipinski definition) is 3. The standard InChI is InChI=1S/C8H19NOS/c1-8(2)7-11-6-5-10-4-3-9/h8H,3-7,9H2,1-2H3. The number of nitrogens with two attached hydrogens (primary N) is 1. The number of rotatable bonds is 7. The highest BCUT2D eigenvalue weighted by Crippen LogP contribution is 2.06. The number of thioether (sulfide) groups is 1. The summed E-state index contributed by atoms with van der Waals surface area (Å²) >= 11 is 1.95. The second-order valence-electron chi connectivity index (χ2n) is 2.87. The van der Waals surface area contributed by atoms with Gasteiger partial charge in [0, 0.05) is 12.3 Å². The second-order valence-corrected chi connectivity index (χ2v) is 4.02. The summed E-state index contributed by atoms with van der Waals surface area (Å²) in [4.78, 5) is 0. The molecule has 0 aliphatic heterocycles. The molecule has 0 aromatic carbocycles. The topological polar surface area (TPSA) is 35.2 Å². The summed E-state index contributed by atoms with van der Waals surface area (Å²) in [5.41, 5.74) is 5.26. The molecule has 0 radical (unpaired) electrons. The van der Waals surface area contributed by atoms with Gasteiger partial charge >= 0.3 is 0 Å². The van der Waals surface area contributed by atoms with Crippen LogP contribution in [0.15, 0.2) is 0 Å². The van der Waals surface area contributed by atoms with E-state index in [1.165, 1.54) is 5.75 Å². The third-order valence-electron chi connectivity index (χ3n) is 1.09. The van der Waals surface area contributed by atoms with Crippen molar-refractivity contribution in [1.29, 1.82) is 0 Å². The Morgan fingerprint density at radius 3 is 2.64 bits per heavy atom. The quantitative estimate of drug-likeness (QED) is 0.596. The Balaban J connectivity index is 2.80. The van der Waals surface area contributed by atoms with Crippen LogP contribution in [0, 0.1) is 5.92 Å². The molecule has 0 aliphatic rings. The lowest BCUT2D eigenvalue weighted by atomic mass is 10.3. The second kappa shape index (κ2) is 8.37. The summed E-state index contributed by atoms with van der Waals surface area (Å²) in [7, 11) is 0. The van der Waals surface area contributed by atoms with Gasteiger partial charge in [0.05, 0.1) is 13.2 Å². The minimum Gasteiger partial charge on any atom is -0.379 e. The Bertz CT molecular complexity index is 78.5. The first-order chi connectivity index (χ1) is 5.27. The average molecular weight is 177 g/mol. The van der Waals surface area contributed by atoms with E-state index in [0.29, 0.717) is 13.2 Å². The van der Waals surface area contributed by atoms with E-state index in [9.17, 15) is 0 Å². The van der Waals surface area contributed by atoms with Gasteiger partial charge in [0.1, 0.15) is 0 Å². The van der Waals surface area contributed by atoms with Crippen LogP contribution in [-0.4, -0.2) is 31.3 Å². The predicted molar refractivity (Wildman–Crippen MR) is 52.0 cm³/mol. The van der Waals surface area contributed by atoms with Crippen molar-refractivity contribution in [2.45, 2.75) is 13.8 Å². The molecule has 0 unspecified atom stereocenters. The molecule has 0 rings (SSSR count). The minimum atomic E-state index is 0.634. The largest absolute Gasteiger partial charge is 0.379 e. The molecule has 11 heavy (non-hydrogen) atoms. The van der Waals surface area contributed by atoms with E-state index in [4.69, 9.17) is 10.5 Å². The molecule has 2 N–H and O–H groups in total. The van der Waals surface area contributed by atoms with Gasteiger partial charge in [-0.2, -0.15) is 11.8 Å². The molecular weight excluding hydrogens is 158 g/mol. The molecule has 0 spiro atoms. The zero-order chi connectivity index (χ0) is 8.53. The third-order valence-corrected chi connectivity index (χ3v) is 2.44. The minimum absolute atomic E-state index is 0.634. The van der Waals surface area contributed by atoms with Crippen molar-refractivity contribution in [3.05, 3.63) is 0 Å². The Labute approximate surface area is 73.9 Å². The maximum Gasteiger partial charge on any atom is 0.0589 e. The van der Waals surface area contributed by atoms with Gasteiger partial charge in [0.25, 0.3) is 0 Å². The molecular formula is C8H19NOS. The number of ether oxygens (including phenoxy) is 1. The first kappa shape index (κ1) is 11.3. The Morgan fingerprint density at radius 1 is 1.36 bits per heavy atom. The van der Waals surface area contributed by atoms with Crippen LogP contribution in [0.5, 0.6) is 0 Å². The lowest BCUT2D eigenvalue weighted by Gasteiger charge is -2.04. The maximum atomic E-state index is 5.26. The summed E-state index contributed by atoms with van der Waals surface area (Å²) in [6, 6.07) is 0. The Hall–Kier alpha value is 0.270. The molecule has 0 aliphatic carbocycles. The normalized spacial score (nSPS) is 10.9. The first-order valence-corrected chi connectivity index (χ1v) is 5.28. The van der Waals surface area contributed by atoms with E-state index in [1.807, 2.05) is 11.8 Å². The maximum absolute atomic E-state index is 5.26. The molecule has 3 heteroatoms. The highest BCUT2D eigenvalue weighted by atomic mass is 32.2. The van der Waals surface area contributed by atoms with E-state index in [-0.39, 0.29) is 0 Å². The lowest BCUT2D eigenvalue weighted by molar-refractivity contribution is 0.158. The summed E-state index contributed by atoms with van der Waals surface area (Å²) in [5.74, 6) is 3.11. The summed E-state index contributed by atoms with van der Waals surface area (Å²) in [5, 5.41) is 0. The van der Waals surface area contributed by atoms with Crippen LogP contribution in [0.2, 0.25) is 0 Å². The van der Waals surface area contributed by atoms with Crippen molar-refractivity contribution in [2.24, 2.45) is 11.7 Å². The lowest BCUT2D eigenvalue weighted by Crippen LogP contribution is -2.10. The molecule has 68 valence electrons.